The Bertz CT molecular complexity index is 1950. The van der Waals surface area contributed by atoms with Crippen molar-refractivity contribution in [3.8, 4) is 5.75 Å². The van der Waals surface area contributed by atoms with Crippen molar-refractivity contribution in [3.05, 3.63) is 82.7 Å². The Hall–Kier alpha value is -4.07. The minimum Gasteiger partial charge on any atom is -0.508 e. The molecule has 4 aliphatic rings. The van der Waals surface area contributed by atoms with Crippen molar-refractivity contribution in [1.29, 1.82) is 0 Å². The van der Waals surface area contributed by atoms with Crippen LogP contribution in [0.25, 0.3) is 10.8 Å². The van der Waals surface area contributed by atoms with Crippen LogP contribution in [0.1, 0.15) is 24.3 Å². The second-order valence-corrected chi connectivity index (χ2v) is 12.6. The third-order valence-corrected chi connectivity index (χ3v) is 10.8. The van der Waals surface area contributed by atoms with Gasteiger partial charge in [0, 0.05) is 11.5 Å². The van der Waals surface area contributed by atoms with Gasteiger partial charge in [0.2, 0.25) is 5.82 Å². The third-order valence-electron chi connectivity index (χ3n) is 9.43. The van der Waals surface area contributed by atoms with Gasteiger partial charge in [0.25, 0.3) is 23.6 Å². The molecule has 232 valence electrons. The number of rotatable bonds is 2. The van der Waals surface area contributed by atoms with Gasteiger partial charge in [-0.05, 0) is 35.6 Å². The summed E-state index contributed by atoms with van der Waals surface area (Å²) in [5, 5.41) is 22.2. The van der Waals surface area contributed by atoms with Crippen LogP contribution in [0.4, 0.5) is 27.6 Å². The van der Waals surface area contributed by atoms with Crippen LogP contribution in [0.15, 0.2) is 48.0 Å². The molecule has 1 saturated carbocycles. The van der Waals surface area contributed by atoms with E-state index in [9.17, 15) is 42.7 Å². The number of hydrogen-bond donors (Lipinski definition) is 2. The number of imide groups is 2. The fourth-order valence-corrected chi connectivity index (χ4v) is 8.37. The maximum atomic E-state index is 15.1. The van der Waals surface area contributed by atoms with Crippen LogP contribution in [0.2, 0.25) is 0 Å². The number of phenols is 1. The largest absolute Gasteiger partial charge is 0.508 e. The molecule has 0 bridgehead atoms. The van der Waals surface area contributed by atoms with Crippen molar-refractivity contribution >= 4 is 63.3 Å². The molecule has 2 aliphatic heterocycles. The maximum absolute atomic E-state index is 15.1. The number of allylic oxidation sites excluding steroid dienone is 2. The Morgan fingerprint density at radius 3 is 2.09 bits per heavy atom. The lowest BCUT2D eigenvalue weighted by Crippen LogP contribution is -2.60. The highest BCUT2D eigenvalue weighted by Gasteiger charge is 2.77. The smallest absolute Gasteiger partial charge is 0.258 e. The number of carbonyl (C=O) groups is 4. The molecular formula is C30H17Cl2F5N2O6. The van der Waals surface area contributed by atoms with E-state index in [1.807, 2.05) is 0 Å². The van der Waals surface area contributed by atoms with Crippen LogP contribution >= 0.6 is 23.2 Å². The van der Waals surface area contributed by atoms with E-state index in [4.69, 9.17) is 23.2 Å². The second kappa shape index (κ2) is 9.47. The van der Waals surface area contributed by atoms with E-state index in [1.165, 1.54) is 18.2 Å². The Balaban J connectivity index is 1.54. The van der Waals surface area contributed by atoms with Crippen LogP contribution in [0.3, 0.4) is 0 Å². The number of phenolic OH excluding ortho intramolecular Hbond substituents is 1. The van der Waals surface area contributed by atoms with Gasteiger partial charge >= 0.3 is 0 Å². The third kappa shape index (κ3) is 3.46. The predicted octanol–water partition coefficient (Wildman–Crippen LogP) is 5.19. The lowest BCUT2D eigenvalue weighted by Gasteiger charge is -2.51. The molecule has 3 fully saturated rings. The molecule has 3 aromatic carbocycles. The Kier molecular flexibility index (Phi) is 6.24. The summed E-state index contributed by atoms with van der Waals surface area (Å²) >= 11 is 14.1. The van der Waals surface area contributed by atoms with Crippen molar-refractivity contribution in [3.63, 3.8) is 0 Å². The number of hydrogen-bond acceptors (Lipinski definition) is 6. The molecule has 0 spiro atoms. The number of carbonyl (C=O) groups excluding carboxylic acids is 4. The van der Waals surface area contributed by atoms with Gasteiger partial charge in [-0.1, -0.05) is 42.0 Å². The number of alkyl halides is 2. The van der Waals surface area contributed by atoms with Crippen LogP contribution in [-0.2, 0) is 19.2 Å². The second-order valence-electron chi connectivity index (χ2n) is 11.4. The zero-order chi connectivity index (χ0) is 32.5. The van der Waals surface area contributed by atoms with E-state index in [1.54, 1.807) is 24.3 Å². The topological polar surface area (TPSA) is 115 Å². The molecule has 3 aromatic rings. The molecule has 6 atom stereocenters. The number of anilines is 1. The molecule has 8 nitrogen and oxygen atoms in total. The van der Waals surface area contributed by atoms with E-state index in [0.717, 1.165) is 0 Å². The van der Waals surface area contributed by atoms with E-state index in [-0.39, 0.29) is 32.9 Å². The van der Waals surface area contributed by atoms with Crippen molar-refractivity contribution in [2.45, 2.75) is 28.5 Å². The van der Waals surface area contributed by atoms with Gasteiger partial charge in [0.05, 0.1) is 11.8 Å². The van der Waals surface area contributed by atoms with Crippen LogP contribution in [0.5, 0.6) is 5.75 Å². The number of amides is 4. The number of nitrogens with zero attached hydrogens (tertiary/aromatic N) is 2. The average Bonchev–Trinajstić information content (AvgIpc) is 3.33. The fraction of sp³-hybridized carbons (Fsp3) is 0.267. The summed E-state index contributed by atoms with van der Waals surface area (Å²) in [4.78, 5) is 48.5. The van der Waals surface area contributed by atoms with E-state index in [2.05, 4.69) is 0 Å². The van der Waals surface area contributed by atoms with Gasteiger partial charge in [0.15, 0.2) is 33.0 Å². The van der Waals surface area contributed by atoms with Gasteiger partial charge in [-0.15, -0.1) is 23.2 Å². The van der Waals surface area contributed by atoms with E-state index < -0.39 is 104 Å². The molecule has 6 unspecified atom stereocenters. The molecule has 15 heteroatoms. The minimum atomic E-state index is -2.78. The number of benzene rings is 3. The quantitative estimate of drug-likeness (QED) is 0.0740. The molecule has 2 saturated heterocycles. The van der Waals surface area contributed by atoms with Crippen LogP contribution in [0, 0.1) is 46.8 Å². The molecular weight excluding hydrogens is 650 g/mol. The van der Waals surface area contributed by atoms with E-state index in [0.29, 0.717) is 5.39 Å². The van der Waals surface area contributed by atoms with Crippen LogP contribution < -0.4 is 4.90 Å². The van der Waals surface area contributed by atoms with Crippen molar-refractivity contribution in [2.24, 2.45) is 17.8 Å². The van der Waals surface area contributed by atoms with Gasteiger partial charge in [-0.3, -0.25) is 24.4 Å². The monoisotopic (exact) mass is 666 g/mol. The summed E-state index contributed by atoms with van der Waals surface area (Å²) in [6, 6.07) is 9.21. The lowest BCUT2D eigenvalue weighted by atomic mass is 9.56. The van der Waals surface area contributed by atoms with Crippen LogP contribution in [-0.4, -0.2) is 48.8 Å². The first kappa shape index (κ1) is 29.6. The summed E-state index contributed by atoms with van der Waals surface area (Å²) < 4.78 is 72.8. The van der Waals surface area contributed by atoms with Gasteiger partial charge in [-0.2, -0.15) is 5.06 Å². The minimum absolute atomic E-state index is 0.0668. The number of aromatic hydroxyl groups is 1. The molecule has 2 heterocycles. The fourth-order valence-electron chi connectivity index (χ4n) is 7.45. The summed E-state index contributed by atoms with van der Waals surface area (Å²) in [5.41, 5.74) is -1.84. The first-order valence-electron chi connectivity index (χ1n) is 13.4. The molecule has 0 radical (unpaired) electrons. The Morgan fingerprint density at radius 1 is 0.800 bits per heavy atom. The van der Waals surface area contributed by atoms with Gasteiger partial charge in [0.1, 0.15) is 11.4 Å². The highest BCUT2D eigenvalue weighted by atomic mass is 35.5. The molecule has 45 heavy (non-hydrogen) atoms. The Labute approximate surface area is 259 Å². The lowest BCUT2D eigenvalue weighted by molar-refractivity contribution is -0.173. The molecule has 0 aromatic heterocycles. The van der Waals surface area contributed by atoms with Crippen molar-refractivity contribution in [1.82, 2.24) is 5.06 Å². The summed E-state index contributed by atoms with van der Waals surface area (Å²) in [6.07, 6.45) is 0.587. The zero-order valence-electron chi connectivity index (χ0n) is 22.3. The number of fused-ring (bicyclic) bond motifs is 5. The number of hydroxylamine groups is 2. The average molecular weight is 667 g/mol. The first-order valence-corrected chi connectivity index (χ1v) is 14.2. The molecule has 2 N–H and O–H groups in total. The van der Waals surface area contributed by atoms with Gasteiger partial charge in [-0.25, -0.2) is 26.9 Å². The Morgan fingerprint density at radius 2 is 1.42 bits per heavy atom. The predicted molar refractivity (Wildman–Crippen MR) is 146 cm³/mol. The standard InChI is InChI=1S/C30H17Cl2F5N2O6/c31-29-9-14-12(6-7-13-16(14)26(42)39(45)25(13)41)18(17-11-4-2-1-3-10(11)5-8-15(17)40)30(29,32)28(44)38(27(29)43)24-22(36)20(34)19(33)21(35)23(24)37/h1-6,8,13-14,16,18,40,45H,7,9H2. The molecule has 2 aliphatic carbocycles. The molecule has 4 amide bonds. The number of halogens is 7. The van der Waals surface area contributed by atoms with Crippen molar-refractivity contribution < 1.29 is 51.4 Å². The van der Waals surface area contributed by atoms with Gasteiger partial charge < -0.3 is 5.11 Å². The summed E-state index contributed by atoms with van der Waals surface area (Å²) in [5.74, 6) is -23.5. The maximum Gasteiger partial charge on any atom is 0.258 e. The zero-order valence-corrected chi connectivity index (χ0v) is 23.8. The SMILES string of the molecule is O=C1C2CC=C3C(CC4(Cl)C(=O)N(c5c(F)c(F)c(F)c(F)c5F)C(=O)C4(Cl)C3c3c(O)ccc4ccccc34)C2C(=O)N1O. The first-order chi connectivity index (χ1) is 21.2. The summed E-state index contributed by atoms with van der Waals surface area (Å²) in [7, 11) is 0. The van der Waals surface area contributed by atoms with E-state index >= 15 is 8.78 Å². The highest BCUT2D eigenvalue weighted by molar-refractivity contribution is 6.58. The summed E-state index contributed by atoms with van der Waals surface area (Å²) in [6.45, 7) is 0. The molecule has 7 rings (SSSR count). The normalized spacial score (nSPS) is 31.0. The highest BCUT2D eigenvalue weighted by Crippen LogP contribution is 2.67. The van der Waals surface area contributed by atoms with Crippen molar-refractivity contribution in [2.75, 3.05) is 4.90 Å².